The zero-order valence-electron chi connectivity index (χ0n) is 8.98. The highest BCUT2D eigenvalue weighted by Crippen LogP contribution is 2.13. The minimum atomic E-state index is -0.661. The number of esters is 1. The highest BCUT2D eigenvalue weighted by atomic mass is 16.5. The van der Waals surface area contributed by atoms with E-state index in [0.717, 1.165) is 0 Å². The van der Waals surface area contributed by atoms with Gasteiger partial charge in [-0.05, 0) is 19.9 Å². The number of ether oxygens (including phenoxy) is 1. The summed E-state index contributed by atoms with van der Waals surface area (Å²) in [5.74, 6) is -0.467. The van der Waals surface area contributed by atoms with E-state index in [2.05, 4.69) is 4.74 Å². The molecular weight excluding hydrogens is 196 g/mol. The first kappa shape index (κ1) is 11.3. The van der Waals surface area contributed by atoms with Crippen LogP contribution in [0.3, 0.4) is 0 Å². The number of nitrogen functional groups attached to an aromatic ring is 1. The zero-order chi connectivity index (χ0) is 11.6. The van der Waals surface area contributed by atoms with Crippen LogP contribution in [0.2, 0.25) is 0 Å². The number of pyridine rings is 1. The van der Waals surface area contributed by atoms with Gasteiger partial charge in [-0.2, -0.15) is 0 Å². The van der Waals surface area contributed by atoms with Crippen molar-refractivity contribution >= 4 is 11.7 Å². The van der Waals surface area contributed by atoms with E-state index in [9.17, 15) is 9.59 Å². The Morgan fingerprint density at radius 3 is 2.67 bits per heavy atom. The summed E-state index contributed by atoms with van der Waals surface area (Å²) >= 11 is 0. The molecule has 1 aromatic heterocycles. The molecule has 0 radical (unpaired) electrons. The summed E-state index contributed by atoms with van der Waals surface area (Å²) in [4.78, 5) is 22.9. The van der Waals surface area contributed by atoms with Gasteiger partial charge in [0.1, 0.15) is 6.04 Å². The maximum atomic E-state index is 11.6. The summed E-state index contributed by atoms with van der Waals surface area (Å²) in [7, 11) is 1.28. The summed E-state index contributed by atoms with van der Waals surface area (Å²) in [5, 5.41) is 0. The molecule has 15 heavy (non-hydrogen) atoms. The molecule has 0 bridgehead atoms. The number of anilines is 1. The lowest BCUT2D eigenvalue weighted by Gasteiger charge is -2.16. The van der Waals surface area contributed by atoms with Gasteiger partial charge in [0.15, 0.2) is 0 Å². The molecule has 82 valence electrons. The number of carbonyl (C=O) groups is 1. The summed E-state index contributed by atoms with van der Waals surface area (Å²) in [5.41, 5.74) is 6.44. The molecule has 0 saturated heterocycles. The summed E-state index contributed by atoms with van der Waals surface area (Å²) in [6.07, 6.45) is 0. The van der Waals surface area contributed by atoms with Gasteiger partial charge in [0.25, 0.3) is 5.56 Å². The molecule has 0 aliphatic heterocycles. The van der Waals surface area contributed by atoms with Crippen molar-refractivity contribution in [2.24, 2.45) is 0 Å². The minimum Gasteiger partial charge on any atom is -0.467 e. The normalized spacial score (nSPS) is 12.2. The fraction of sp³-hybridized carbons (Fsp3) is 0.400. The number of hydrogen-bond acceptors (Lipinski definition) is 4. The standard InChI is InChI=1S/C10H14N2O3/c1-6-8(11)4-5-9(13)12(6)7(2)10(14)15-3/h4-5,7H,11H2,1-3H3. The third kappa shape index (κ3) is 2.01. The van der Waals surface area contributed by atoms with Crippen LogP contribution in [0.1, 0.15) is 18.7 Å². The number of nitrogens with zero attached hydrogens (tertiary/aromatic N) is 1. The Hall–Kier alpha value is -1.78. The van der Waals surface area contributed by atoms with Gasteiger partial charge in [0.05, 0.1) is 12.8 Å². The first-order chi connectivity index (χ1) is 6.99. The van der Waals surface area contributed by atoms with E-state index in [-0.39, 0.29) is 5.56 Å². The fourth-order valence-electron chi connectivity index (χ4n) is 1.42. The van der Waals surface area contributed by atoms with Crippen LogP contribution in [-0.2, 0) is 9.53 Å². The van der Waals surface area contributed by atoms with Gasteiger partial charge in [-0.25, -0.2) is 4.79 Å². The van der Waals surface area contributed by atoms with E-state index in [0.29, 0.717) is 11.4 Å². The predicted molar refractivity (Wildman–Crippen MR) is 56.6 cm³/mol. The fourth-order valence-corrected chi connectivity index (χ4v) is 1.42. The average molecular weight is 210 g/mol. The number of rotatable bonds is 2. The molecule has 0 aliphatic rings. The Kier molecular flexibility index (Phi) is 3.14. The number of aromatic nitrogens is 1. The van der Waals surface area contributed by atoms with E-state index < -0.39 is 12.0 Å². The van der Waals surface area contributed by atoms with E-state index in [1.807, 2.05) is 0 Å². The monoisotopic (exact) mass is 210 g/mol. The second-order valence-corrected chi connectivity index (χ2v) is 3.28. The van der Waals surface area contributed by atoms with Crippen molar-refractivity contribution < 1.29 is 9.53 Å². The van der Waals surface area contributed by atoms with E-state index in [1.54, 1.807) is 13.8 Å². The van der Waals surface area contributed by atoms with Crippen molar-refractivity contribution in [2.45, 2.75) is 19.9 Å². The van der Waals surface area contributed by atoms with Crippen molar-refractivity contribution in [3.8, 4) is 0 Å². The van der Waals surface area contributed by atoms with Gasteiger partial charge in [-0.1, -0.05) is 0 Å². The van der Waals surface area contributed by atoms with Crippen molar-refractivity contribution in [3.63, 3.8) is 0 Å². The Morgan fingerprint density at radius 2 is 2.13 bits per heavy atom. The van der Waals surface area contributed by atoms with Gasteiger partial charge in [0.2, 0.25) is 0 Å². The van der Waals surface area contributed by atoms with Crippen molar-refractivity contribution in [2.75, 3.05) is 12.8 Å². The van der Waals surface area contributed by atoms with Crippen molar-refractivity contribution in [3.05, 3.63) is 28.2 Å². The topological polar surface area (TPSA) is 74.3 Å². The molecule has 0 aromatic carbocycles. The van der Waals surface area contributed by atoms with Gasteiger partial charge in [-0.15, -0.1) is 0 Å². The number of methoxy groups -OCH3 is 1. The largest absolute Gasteiger partial charge is 0.467 e. The van der Waals surface area contributed by atoms with Crippen LogP contribution in [-0.4, -0.2) is 17.6 Å². The molecule has 1 atom stereocenters. The quantitative estimate of drug-likeness (QED) is 0.720. The van der Waals surface area contributed by atoms with Crippen LogP contribution in [0.25, 0.3) is 0 Å². The molecular formula is C10H14N2O3. The Morgan fingerprint density at radius 1 is 1.53 bits per heavy atom. The predicted octanol–water partition coefficient (Wildman–Crippen LogP) is 0.473. The lowest BCUT2D eigenvalue weighted by atomic mass is 10.2. The van der Waals surface area contributed by atoms with Crippen LogP contribution in [0, 0.1) is 6.92 Å². The molecule has 0 aliphatic carbocycles. The molecule has 1 unspecified atom stereocenters. The summed E-state index contributed by atoms with van der Waals surface area (Å²) < 4.78 is 5.90. The third-order valence-corrected chi connectivity index (χ3v) is 2.35. The lowest BCUT2D eigenvalue weighted by molar-refractivity contribution is -0.144. The van der Waals surface area contributed by atoms with E-state index in [1.165, 1.54) is 23.8 Å². The molecule has 0 amide bonds. The minimum absolute atomic E-state index is 0.264. The van der Waals surface area contributed by atoms with E-state index >= 15 is 0 Å². The number of hydrogen-bond donors (Lipinski definition) is 1. The SMILES string of the molecule is COC(=O)C(C)n1c(C)c(N)ccc1=O. The lowest BCUT2D eigenvalue weighted by Crippen LogP contribution is -2.30. The van der Waals surface area contributed by atoms with E-state index in [4.69, 9.17) is 5.73 Å². The van der Waals surface area contributed by atoms with Crippen molar-refractivity contribution in [1.29, 1.82) is 0 Å². The van der Waals surface area contributed by atoms with Gasteiger partial charge < -0.3 is 10.5 Å². The zero-order valence-corrected chi connectivity index (χ0v) is 8.98. The van der Waals surface area contributed by atoms with Crippen LogP contribution >= 0.6 is 0 Å². The summed E-state index contributed by atoms with van der Waals surface area (Å²) in [6.45, 7) is 3.29. The molecule has 5 heteroatoms. The number of nitrogens with two attached hydrogens (primary N) is 1. The second-order valence-electron chi connectivity index (χ2n) is 3.28. The highest BCUT2D eigenvalue weighted by molar-refractivity contribution is 5.74. The Balaban J connectivity index is 3.30. The van der Waals surface area contributed by atoms with Crippen molar-refractivity contribution in [1.82, 2.24) is 4.57 Å². The molecule has 5 nitrogen and oxygen atoms in total. The third-order valence-electron chi connectivity index (χ3n) is 2.35. The summed E-state index contributed by atoms with van der Waals surface area (Å²) in [6, 6.07) is 2.20. The second kappa shape index (κ2) is 4.16. The van der Waals surface area contributed by atoms with Crippen LogP contribution in [0.5, 0.6) is 0 Å². The average Bonchev–Trinajstić information content (AvgIpc) is 2.22. The molecule has 2 N–H and O–H groups in total. The molecule has 0 fully saturated rings. The van der Waals surface area contributed by atoms with Crippen LogP contribution in [0.15, 0.2) is 16.9 Å². The van der Waals surface area contributed by atoms with Gasteiger partial charge in [0, 0.05) is 11.8 Å². The first-order valence-corrected chi connectivity index (χ1v) is 4.54. The smallest absolute Gasteiger partial charge is 0.328 e. The Bertz CT molecular complexity index is 437. The molecule has 1 heterocycles. The van der Waals surface area contributed by atoms with Crippen LogP contribution < -0.4 is 11.3 Å². The van der Waals surface area contributed by atoms with Gasteiger partial charge in [-0.3, -0.25) is 9.36 Å². The molecule has 0 saturated carbocycles. The maximum Gasteiger partial charge on any atom is 0.328 e. The maximum absolute atomic E-state index is 11.6. The highest BCUT2D eigenvalue weighted by Gasteiger charge is 2.18. The molecule has 1 rings (SSSR count). The van der Waals surface area contributed by atoms with Crippen LogP contribution in [0.4, 0.5) is 5.69 Å². The first-order valence-electron chi connectivity index (χ1n) is 4.54. The molecule has 0 spiro atoms. The molecule has 1 aromatic rings. The number of carbonyl (C=O) groups excluding carboxylic acids is 1. The van der Waals surface area contributed by atoms with Gasteiger partial charge >= 0.3 is 5.97 Å². The Labute approximate surface area is 87.5 Å².